The highest BCUT2D eigenvalue weighted by Crippen LogP contribution is 2.31. The predicted molar refractivity (Wildman–Crippen MR) is 85.5 cm³/mol. The van der Waals surface area contributed by atoms with Crippen molar-refractivity contribution < 1.29 is 8.42 Å². The van der Waals surface area contributed by atoms with Gasteiger partial charge >= 0.3 is 0 Å². The average molecular weight is 322 g/mol. The summed E-state index contributed by atoms with van der Waals surface area (Å²) in [6, 6.07) is 5.44. The van der Waals surface area contributed by atoms with E-state index in [-0.39, 0.29) is 0 Å². The van der Waals surface area contributed by atoms with Gasteiger partial charge in [0.1, 0.15) is 0 Å². The standard InChI is InChI=1S/C15H18N2O2S2/c1-10-7-8-11(2)14(9-10)21(18,19)17-15-16-12-5-3-4-6-13(12)20-15/h7-9H,3-6H2,1-2H3,(H,16,17). The Hall–Kier alpha value is -1.40. The van der Waals surface area contributed by atoms with Crippen molar-refractivity contribution in [2.75, 3.05) is 4.72 Å². The van der Waals surface area contributed by atoms with E-state index in [2.05, 4.69) is 9.71 Å². The molecule has 1 aromatic heterocycles. The van der Waals surface area contributed by atoms with Crippen LogP contribution in [0.2, 0.25) is 0 Å². The maximum Gasteiger partial charge on any atom is 0.263 e. The zero-order chi connectivity index (χ0) is 15.0. The van der Waals surface area contributed by atoms with E-state index in [0.29, 0.717) is 10.0 Å². The van der Waals surface area contributed by atoms with Crippen molar-refractivity contribution in [3.63, 3.8) is 0 Å². The molecular formula is C15H18N2O2S2. The van der Waals surface area contributed by atoms with Crippen molar-refractivity contribution in [1.29, 1.82) is 0 Å². The molecule has 0 saturated heterocycles. The molecule has 0 fully saturated rings. The van der Waals surface area contributed by atoms with E-state index in [1.807, 2.05) is 19.1 Å². The first-order valence-electron chi connectivity index (χ1n) is 7.04. The summed E-state index contributed by atoms with van der Waals surface area (Å²) in [7, 11) is -3.57. The van der Waals surface area contributed by atoms with E-state index in [1.54, 1.807) is 13.0 Å². The largest absolute Gasteiger partial charge is 0.263 e. The highest BCUT2D eigenvalue weighted by Gasteiger charge is 2.21. The fourth-order valence-corrected chi connectivity index (χ4v) is 5.18. The number of aryl methyl sites for hydroxylation is 4. The molecule has 1 heterocycles. The fourth-order valence-electron chi connectivity index (χ4n) is 2.56. The molecule has 0 unspecified atom stereocenters. The molecule has 0 atom stereocenters. The summed E-state index contributed by atoms with van der Waals surface area (Å²) in [5.74, 6) is 0. The van der Waals surface area contributed by atoms with Crippen molar-refractivity contribution in [2.24, 2.45) is 0 Å². The molecule has 1 N–H and O–H groups in total. The normalized spacial score (nSPS) is 14.8. The number of sulfonamides is 1. The minimum absolute atomic E-state index is 0.329. The number of hydrogen-bond donors (Lipinski definition) is 1. The number of fused-ring (bicyclic) bond motifs is 1. The monoisotopic (exact) mass is 322 g/mol. The molecule has 0 aliphatic heterocycles. The molecular weight excluding hydrogens is 304 g/mol. The minimum Gasteiger partial charge on any atom is -0.255 e. The van der Waals surface area contributed by atoms with Crippen LogP contribution in [0.25, 0.3) is 0 Å². The van der Waals surface area contributed by atoms with Crippen LogP contribution in [0.4, 0.5) is 5.13 Å². The molecule has 4 nitrogen and oxygen atoms in total. The van der Waals surface area contributed by atoms with E-state index in [4.69, 9.17) is 0 Å². The Morgan fingerprint density at radius 3 is 2.71 bits per heavy atom. The molecule has 112 valence electrons. The summed E-state index contributed by atoms with van der Waals surface area (Å²) in [5.41, 5.74) is 2.73. The van der Waals surface area contributed by atoms with Crippen LogP contribution in [0.1, 0.15) is 34.5 Å². The Morgan fingerprint density at radius 2 is 1.95 bits per heavy atom. The van der Waals surface area contributed by atoms with Crippen molar-refractivity contribution in [3.05, 3.63) is 39.9 Å². The lowest BCUT2D eigenvalue weighted by Gasteiger charge is -2.09. The second-order valence-electron chi connectivity index (χ2n) is 5.47. The molecule has 0 saturated carbocycles. The summed E-state index contributed by atoms with van der Waals surface area (Å²) in [6.07, 6.45) is 4.27. The number of hydrogen-bond acceptors (Lipinski definition) is 4. The first-order valence-corrected chi connectivity index (χ1v) is 9.34. The highest BCUT2D eigenvalue weighted by atomic mass is 32.2. The van der Waals surface area contributed by atoms with Gasteiger partial charge in [-0.1, -0.05) is 12.1 Å². The lowest BCUT2D eigenvalue weighted by molar-refractivity contribution is 0.600. The van der Waals surface area contributed by atoms with E-state index in [1.165, 1.54) is 22.6 Å². The molecule has 1 aliphatic rings. The van der Waals surface area contributed by atoms with Crippen molar-refractivity contribution in [3.8, 4) is 0 Å². The second kappa shape index (κ2) is 5.42. The van der Waals surface area contributed by atoms with Crippen LogP contribution in [0.15, 0.2) is 23.1 Å². The smallest absolute Gasteiger partial charge is 0.255 e. The van der Waals surface area contributed by atoms with E-state index >= 15 is 0 Å². The van der Waals surface area contributed by atoms with Gasteiger partial charge in [0.25, 0.3) is 10.0 Å². The van der Waals surface area contributed by atoms with Crippen LogP contribution in [0, 0.1) is 13.8 Å². The predicted octanol–water partition coefficient (Wildman–Crippen LogP) is 3.44. The number of rotatable bonds is 3. The van der Waals surface area contributed by atoms with E-state index in [0.717, 1.165) is 36.1 Å². The van der Waals surface area contributed by atoms with Gasteiger partial charge in [-0.25, -0.2) is 13.4 Å². The third kappa shape index (κ3) is 2.96. The number of thiazole rings is 1. The number of aromatic nitrogens is 1. The van der Waals surface area contributed by atoms with E-state index in [9.17, 15) is 8.42 Å². The molecule has 0 spiro atoms. The van der Waals surface area contributed by atoms with E-state index < -0.39 is 10.0 Å². The van der Waals surface area contributed by atoms with Crippen LogP contribution >= 0.6 is 11.3 Å². The van der Waals surface area contributed by atoms with Gasteiger partial charge in [0, 0.05) is 4.88 Å². The van der Waals surface area contributed by atoms with Gasteiger partial charge in [-0.15, -0.1) is 11.3 Å². The zero-order valence-corrected chi connectivity index (χ0v) is 13.8. The van der Waals surface area contributed by atoms with Crippen LogP contribution < -0.4 is 4.72 Å². The Balaban J connectivity index is 1.92. The van der Waals surface area contributed by atoms with Gasteiger partial charge in [0.15, 0.2) is 5.13 Å². The summed E-state index contributed by atoms with van der Waals surface area (Å²) in [6.45, 7) is 3.70. The van der Waals surface area contributed by atoms with Gasteiger partial charge in [0.05, 0.1) is 10.6 Å². The third-order valence-electron chi connectivity index (χ3n) is 3.70. The average Bonchev–Trinajstić information content (AvgIpc) is 2.82. The quantitative estimate of drug-likeness (QED) is 0.941. The molecule has 21 heavy (non-hydrogen) atoms. The van der Waals surface area contributed by atoms with Gasteiger partial charge < -0.3 is 0 Å². The van der Waals surface area contributed by atoms with Crippen LogP contribution in [0.5, 0.6) is 0 Å². The molecule has 3 rings (SSSR count). The summed E-state index contributed by atoms with van der Waals surface area (Å²) < 4.78 is 27.7. The SMILES string of the molecule is Cc1ccc(C)c(S(=O)(=O)Nc2nc3c(s2)CCCC3)c1. The molecule has 1 aliphatic carbocycles. The number of nitrogens with one attached hydrogen (secondary N) is 1. The fraction of sp³-hybridized carbons (Fsp3) is 0.400. The summed E-state index contributed by atoms with van der Waals surface area (Å²) >= 11 is 1.47. The van der Waals surface area contributed by atoms with Crippen molar-refractivity contribution in [2.45, 2.75) is 44.4 Å². The first-order chi connectivity index (χ1) is 9.95. The molecule has 1 aromatic carbocycles. The maximum absolute atomic E-state index is 12.5. The first kappa shape index (κ1) is 14.5. The Morgan fingerprint density at radius 1 is 1.19 bits per heavy atom. The third-order valence-corrected chi connectivity index (χ3v) is 6.38. The maximum atomic E-state index is 12.5. The minimum atomic E-state index is -3.57. The van der Waals surface area contributed by atoms with Gasteiger partial charge in [-0.2, -0.15) is 0 Å². The Labute approximate surface area is 129 Å². The highest BCUT2D eigenvalue weighted by molar-refractivity contribution is 7.93. The second-order valence-corrected chi connectivity index (χ2v) is 8.20. The lowest BCUT2D eigenvalue weighted by Crippen LogP contribution is -2.14. The van der Waals surface area contributed by atoms with Crippen molar-refractivity contribution >= 4 is 26.5 Å². The van der Waals surface area contributed by atoms with Gasteiger partial charge in [0.2, 0.25) is 0 Å². The number of nitrogens with zero attached hydrogens (tertiary/aromatic N) is 1. The Kier molecular flexibility index (Phi) is 3.75. The van der Waals surface area contributed by atoms with Crippen molar-refractivity contribution in [1.82, 2.24) is 4.98 Å². The van der Waals surface area contributed by atoms with Gasteiger partial charge in [-0.05, 0) is 56.7 Å². The summed E-state index contributed by atoms with van der Waals surface area (Å²) in [4.78, 5) is 5.99. The zero-order valence-electron chi connectivity index (χ0n) is 12.1. The number of anilines is 1. The van der Waals surface area contributed by atoms with Crippen LogP contribution in [-0.2, 0) is 22.9 Å². The van der Waals surface area contributed by atoms with Crippen LogP contribution in [-0.4, -0.2) is 13.4 Å². The van der Waals surface area contributed by atoms with Crippen LogP contribution in [0.3, 0.4) is 0 Å². The Bertz CT molecular complexity index is 755. The molecule has 0 amide bonds. The summed E-state index contributed by atoms with van der Waals surface area (Å²) in [5, 5.41) is 0.489. The molecule has 0 bridgehead atoms. The molecule has 6 heteroatoms. The molecule has 2 aromatic rings. The lowest BCUT2D eigenvalue weighted by atomic mass is 10.0. The van der Waals surface area contributed by atoms with Gasteiger partial charge in [-0.3, -0.25) is 4.72 Å². The topological polar surface area (TPSA) is 59.1 Å². The number of benzene rings is 1. The molecule has 0 radical (unpaired) electrons.